The minimum Gasteiger partial charge on any atom is -0.435 e. The normalized spacial score (nSPS) is 11.9. The number of carbonyl (C=O) groups is 2. The molecule has 4 N–H and O–H groups in total. The Hall–Kier alpha value is -2.65. The summed E-state index contributed by atoms with van der Waals surface area (Å²) in [5, 5.41) is 2.85. The van der Waals surface area contributed by atoms with Gasteiger partial charge in [0.1, 0.15) is 12.3 Å². The number of alkyl halides is 2. The number of likely N-dealkylation sites (N-methyl/N-ethyl adjacent to an activating group) is 1. The first-order valence-corrected chi connectivity index (χ1v) is 9.47. The standard InChI is InChI=1S/C19H21F2N3O3S/c1-24(10-13-6-8-14(9-7-13)27-19(20)21)11-18(26)23-15-4-2-3-5-16(15)28-12-17(22)25/h2-9,19H,10-12H2,1H3,(H2,22,25)(H,23,26)/p+1. The zero-order chi connectivity index (χ0) is 20.5. The van der Waals surface area contributed by atoms with E-state index in [1.54, 1.807) is 24.3 Å². The smallest absolute Gasteiger partial charge is 0.387 e. The fourth-order valence-electron chi connectivity index (χ4n) is 2.51. The number of ether oxygens (including phenoxy) is 1. The molecule has 0 aromatic heterocycles. The molecule has 0 radical (unpaired) electrons. The Balaban J connectivity index is 1.88. The molecule has 0 saturated heterocycles. The molecule has 2 aromatic rings. The zero-order valence-corrected chi connectivity index (χ0v) is 16.1. The Bertz CT molecular complexity index is 803. The Morgan fingerprint density at radius 1 is 1.18 bits per heavy atom. The lowest BCUT2D eigenvalue weighted by Crippen LogP contribution is -3.08. The molecule has 0 bridgehead atoms. The van der Waals surface area contributed by atoms with E-state index in [0.29, 0.717) is 12.2 Å². The van der Waals surface area contributed by atoms with E-state index >= 15 is 0 Å². The van der Waals surface area contributed by atoms with Crippen LogP contribution in [-0.2, 0) is 16.1 Å². The second-order valence-corrected chi connectivity index (χ2v) is 7.15. The van der Waals surface area contributed by atoms with Crippen LogP contribution in [0.2, 0.25) is 0 Å². The molecule has 150 valence electrons. The Kier molecular flexibility index (Phi) is 8.21. The average molecular weight is 410 g/mol. The predicted octanol–water partition coefficient (Wildman–Crippen LogP) is 1.52. The number of thioether (sulfide) groups is 1. The van der Waals surface area contributed by atoms with E-state index in [1.807, 2.05) is 19.2 Å². The summed E-state index contributed by atoms with van der Waals surface area (Å²) in [5.74, 6) is -0.384. The Labute approximate surface area is 166 Å². The lowest BCUT2D eigenvalue weighted by molar-refractivity contribution is -0.885. The number of hydrogen-bond acceptors (Lipinski definition) is 4. The molecule has 0 spiro atoms. The first-order chi connectivity index (χ1) is 13.3. The van der Waals surface area contributed by atoms with E-state index in [9.17, 15) is 18.4 Å². The molecule has 1 unspecified atom stereocenters. The second-order valence-electron chi connectivity index (χ2n) is 6.13. The van der Waals surface area contributed by atoms with E-state index in [4.69, 9.17) is 5.73 Å². The molecular weight excluding hydrogens is 388 g/mol. The van der Waals surface area contributed by atoms with E-state index in [0.717, 1.165) is 15.4 Å². The van der Waals surface area contributed by atoms with Crippen LogP contribution in [0.5, 0.6) is 5.75 Å². The molecule has 9 heteroatoms. The van der Waals surface area contributed by atoms with Crippen molar-refractivity contribution in [2.45, 2.75) is 18.1 Å². The molecule has 0 saturated carbocycles. The van der Waals surface area contributed by atoms with Crippen molar-refractivity contribution < 1.29 is 28.0 Å². The van der Waals surface area contributed by atoms with Crippen LogP contribution >= 0.6 is 11.8 Å². The van der Waals surface area contributed by atoms with Gasteiger partial charge in [0.25, 0.3) is 5.91 Å². The van der Waals surface area contributed by atoms with Crippen molar-refractivity contribution in [3.8, 4) is 5.75 Å². The van der Waals surface area contributed by atoms with Crippen LogP contribution in [0.4, 0.5) is 14.5 Å². The van der Waals surface area contributed by atoms with Gasteiger partial charge in [-0.3, -0.25) is 9.59 Å². The lowest BCUT2D eigenvalue weighted by atomic mass is 10.2. The number of halogens is 2. The van der Waals surface area contributed by atoms with Crippen molar-refractivity contribution >= 4 is 29.3 Å². The van der Waals surface area contributed by atoms with Crippen molar-refractivity contribution in [1.29, 1.82) is 0 Å². The maximum atomic E-state index is 12.3. The highest BCUT2D eigenvalue weighted by molar-refractivity contribution is 8.00. The molecule has 28 heavy (non-hydrogen) atoms. The third kappa shape index (κ3) is 7.53. The summed E-state index contributed by atoms with van der Waals surface area (Å²) in [6, 6.07) is 13.5. The predicted molar refractivity (Wildman–Crippen MR) is 104 cm³/mol. The Morgan fingerprint density at radius 3 is 2.50 bits per heavy atom. The first kappa shape index (κ1) is 21.6. The molecular formula is C19H22F2N3O3S+. The van der Waals surface area contributed by atoms with Crippen LogP contribution in [-0.4, -0.2) is 37.8 Å². The van der Waals surface area contributed by atoms with E-state index in [-0.39, 0.29) is 24.0 Å². The van der Waals surface area contributed by atoms with Crippen LogP contribution in [0.3, 0.4) is 0 Å². The van der Waals surface area contributed by atoms with Crippen LogP contribution in [0, 0.1) is 0 Å². The molecule has 0 aliphatic heterocycles. The number of nitrogens with two attached hydrogens (primary N) is 1. The number of amides is 2. The van der Waals surface area contributed by atoms with Gasteiger partial charge in [-0.2, -0.15) is 8.78 Å². The quantitative estimate of drug-likeness (QED) is 0.519. The SMILES string of the molecule is C[NH+](CC(=O)Nc1ccccc1SCC(N)=O)Cc1ccc(OC(F)F)cc1. The second kappa shape index (κ2) is 10.6. The minimum absolute atomic E-state index is 0.0965. The number of rotatable bonds is 10. The summed E-state index contributed by atoms with van der Waals surface area (Å²) < 4.78 is 28.7. The lowest BCUT2D eigenvalue weighted by Gasteiger charge is -2.15. The minimum atomic E-state index is -2.85. The highest BCUT2D eigenvalue weighted by atomic mass is 32.2. The fourth-order valence-corrected chi connectivity index (χ4v) is 3.26. The fraction of sp³-hybridized carbons (Fsp3) is 0.263. The molecule has 0 fully saturated rings. The summed E-state index contributed by atoms with van der Waals surface area (Å²) in [5.41, 5.74) is 6.69. The van der Waals surface area contributed by atoms with Gasteiger partial charge in [-0.15, -0.1) is 11.8 Å². The maximum Gasteiger partial charge on any atom is 0.387 e. The number of para-hydroxylation sites is 1. The largest absolute Gasteiger partial charge is 0.435 e. The number of anilines is 1. The van der Waals surface area contributed by atoms with E-state index in [2.05, 4.69) is 10.1 Å². The molecule has 0 heterocycles. The van der Waals surface area contributed by atoms with Crippen LogP contribution < -0.4 is 20.7 Å². The van der Waals surface area contributed by atoms with Crippen molar-refractivity contribution in [2.75, 3.05) is 24.7 Å². The van der Waals surface area contributed by atoms with Gasteiger partial charge in [-0.1, -0.05) is 12.1 Å². The van der Waals surface area contributed by atoms with Gasteiger partial charge in [-0.25, -0.2) is 0 Å². The summed E-state index contributed by atoms with van der Waals surface area (Å²) in [7, 11) is 1.86. The van der Waals surface area contributed by atoms with E-state index in [1.165, 1.54) is 23.9 Å². The topological polar surface area (TPSA) is 85.9 Å². The average Bonchev–Trinajstić information content (AvgIpc) is 2.62. The number of hydrogen-bond donors (Lipinski definition) is 3. The van der Waals surface area contributed by atoms with Crippen LogP contribution in [0.1, 0.15) is 5.56 Å². The Morgan fingerprint density at radius 2 is 1.86 bits per heavy atom. The van der Waals surface area contributed by atoms with Gasteiger partial charge in [-0.05, 0) is 36.4 Å². The van der Waals surface area contributed by atoms with Gasteiger partial charge < -0.3 is 20.7 Å². The molecule has 0 aliphatic carbocycles. The molecule has 6 nitrogen and oxygen atoms in total. The number of primary amides is 1. The summed E-state index contributed by atoms with van der Waals surface area (Å²) >= 11 is 1.26. The number of benzene rings is 2. The molecule has 2 rings (SSSR count). The third-order valence-corrected chi connectivity index (χ3v) is 4.74. The molecule has 2 amide bonds. The van der Waals surface area contributed by atoms with Crippen LogP contribution in [0.15, 0.2) is 53.4 Å². The molecule has 2 aromatic carbocycles. The highest BCUT2D eigenvalue weighted by Crippen LogP contribution is 2.26. The van der Waals surface area contributed by atoms with Crippen molar-refractivity contribution in [2.24, 2.45) is 5.73 Å². The van der Waals surface area contributed by atoms with Crippen molar-refractivity contribution in [1.82, 2.24) is 0 Å². The monoisotopic (exact) mass is 410 g/mol. The van der Waals surface area contributed by atoms with Crippen molar-refractivity contribution in [3.63, 3.8) is 0 Å². The first-order valence-electron chi connectivity index (χ1n) is 8.48. The van der Waals surface area contributed by atoms with E-state index < -0.39 is 12.5 Å². The van der Waals surface area contributed by atoms with Gasteiger partial charge in [0.2, 0.25) is 5.91 Å². The number of nitrogens with one attached hydrogen (secondary N) is 2. The van der Waals surface area contributed by atoms with Crippen molar-refractivity contribution in [3.05, 3.63) is 54.1 Å². The third-order valence-electron chi connectivity index (χ3n) is 3.65. The molecule has 1 atom stereocenters. The molecule has 0 aliphatic rings. The maximum absolute atomic E-state index is 12.3. The number of carbonyl (C=O) groups excluding carboxylic acids is 2. The highest BCUT2D eigenvalue weighted by Gasteiger charge is 2.13. The van der Waals surface area contributed by atoms with Crippen LogP contribution in [0.25, 0.3) is 0 Å². The zero-order valence-electron chi connectivity index (χ0n) is 15.3. The van der Waals surface area contributed by atoms with Gasteiger partial charge in [0.05, 0.1) is 18.5 Å². The summed E-state index contributed by atoms with van der Waals surface area (Å²) in [4.78, 5) is 25.0. The van der Waals surface area contributed by atoms with Gasteiger partial charge in [0.15, 0.2) is 6.54 Å². The van der Waals surface area contributed by atoms with Gasteiger partial charge >= 0.3 is 6.61 Å². The summed E-state index contributed by atoms with van der Waals surface area (Å²) in [6.07, 6.45) is 0. The number of quaternary nitrogens is 1. The van der Waals surface area contributed by atoms with Gasteiger partial charge in [0, 0.05) is 10.5 Å². The summed E-state index contributed by atoms with van der Waals surface area (Å²) in [6.45, 7) is -2.10.